The molecule has 1 N–H and O–H groups in total. The Morgan fingerprint density at radius 3 is 2.56 bits per heavy atom. The second kappa shape index (κ2) is 5.13. The fourth-order valence-corrected chi connectivity index (χ4v) is 2.18. The van der Waals surface area contributed by atoms with Gasteiger partial charge >= 0.3 is 7.12 Å². The van der Waals surface area contributed by atoms with E-state index in [0.717, 1.165) is 11.1 Å². The summed E-state index contributed by atoms with van der Waals surface area (Å²) in [4.78, 5) is 0.392. The summed E-state index contributed by atoms with van der Waals surface area (Å²) in [5.74, 6) is 0.954. The number of hydrogen-bond donors (Lipinski definition) is 1. The first-order valence-electron chi connectivity index (χ1n) is 4.95. The largest absolute Gasteiger partial charge is 0.572 e. The van der Waals surface area contributed by atoms with Crippen molar-refractivity contribution >= 4 is 36.7 Å². The van der Waals surface area contributed by atoms with Crippen LogP contribution in [0.15, 0.2) is 29.2 Å². The topological polar surface area (TPSA) is 29.5 Å². The molecule has 1 aromatic carbocycles. The van der Waals surface area contributed by atoms with E-state index in [1.807, 2.05) is 38.1 Å². The van der Waals surface area contributed by atoms with Gasteiger partial charge < -0.3 is 9.68 Å². The molecule has 1 aromatic rings. The van der Waals surface area contributed by atoms with E-state index in [4.69, 9.17) is 16.3 Å². The monoisotopic (exact) mass is 258 g/mol. The van der Waals surface area contributed by atoms with Crippen molar-refractivity contribution in [1.29, 1.82) is 0 Å². The highest BCUT2D eigenvalue weighted by molar-refractivity contribution is 6.71. The van der Waals surface area contributed by atoms with Gasteiger partial charge in [-0.3, -0.25) is 0 Å². The van der Waals surface area contributed by atoms with Gasteiger partial charge in [-0.15, -0.1) is 12.4 Å². The molecule has 16 heavy (non-hydrogen) atoms. The average Bonchev–Trinajstić information content (AvgIpc) is 2.19. The second-order valence-electron chi connectivity index (χ2n) is 3.88. The second-order valence-corrected chi connectivity index (χ2v) is 4.29. The van der Waals surface area contributed by atoms with Crippen LogP contribution in [-0.2, 0) is 0 Å². The van der Waals surface area contributed by atoms with E-state index in [1.165, 1.54) is 0 Å². The molecule has 2 nitrogen and oxygen atoms in total. The number of rotatable bonds is 1. The van der Waals surface area contributed by atoms with Gasteiger partial charge in [0.05, 0.1) is 4.93 Å². The zero-order chi connectivity index (χ0) is 11.0. The van der Waals surface area contributed by atoms with Gasteiger partial charge in [-0.2, -0.15) is 0 Å². The molecule has 0 unspecified atom stereocenters. The quantitative estimate of drug-likeness (QED) is 0.785. The van der Waals surface area contributed by atoms with Crippen molar-refractivity contribution in [2.75, 3.05) is 0 Å². The first-order chi connectivity index (χ1) is 7.11. The Hall–Kier alpha value is -0.635. The maximum Gasteiger partial charge on any atom is 0.572 e. The molecule has 0 bridgehead atoms. The van der Waals surface area contributed by atoms with Gasteiger partial charge in [0.15, 0.2) is 0 Å². The highest BCUT2D eigenvalue weighted by Gasteiger charge is 2.32. The van der Waals surface area contributed by atoms with E-state index in [9.17, 15) is 5.02 Å². The molecule has 86 valence electrons. The van der Waals surface area contributed by atoms with Crippen LogP contribution in [0.3, 0.4) is 0 Å². The lowest BCUT2D eigenvalue weighted by atomic mass is 9.78. The summed E-state index contributed by atoms with van der Waals surface area (Å²) in [7, 11) is -1.03. The summed E-state index contributed by atoms with van der Waals surface area (Å²) in [6.45, 7) is 4.10. The van der Waals surface area contributed by atoms with Crippen molar-refractivity contribution in [2.45, 2.75) is 13.8 Å². The normalized spacial score (nSPS) is 14.4. The summed E-state index contributed by atoms with van der Waals surface area (Å²) in [6.07, 6.45) is 0. The van der Waals surface area contributed by atoms with E-state index >= 15 is 0 Å². The lowest BCUT2D eigenvalue weighted by Crippen LogP contribution is -2.28. The van der Waals surface area contributed by atoms with Crippen LogP contribution in [0, 0.1) is 5.92 Å². The maximum atomic E-state index is 9.63. The third-order valence-electron chi connectivity index (χ3n) is 2.47. The number of benzene rings is 1. The van der Waals surface area contributed by atoms with Gasteiger partial charge in [0.25, 0.3) is 0 Å². The molecule has 0 amide bonds. The van der Waals surface area contributed by atoms with Crippen LogP contribution >= 0.6 is 24.0 Å². The van der Waals surface area contributed by atoms with Crippen molar-refractivity contribution in [2.24, 2.45) is 5.92 Å². The Balaban J connectivity index is 0.00000128. The lowest BCUT2D eigenvalue weighted by molar-refractivity contribution is 0.425. The van der Waals surface area contributed by atoms with Gasteiger partial charge in [-0.05, 0) is 17.6 Å². The highest BCUT2D eigenvalue weighted by Crippen LogP contribution is 2.39. The minimum Gasteiger partial charge on any atom is -0.531 e. The predicted octanol–water partition coefficient (Wildman–Crippen LogP) is 3.13. The van der Waals surface area contributed by atoms with Crippen LogP contribution in [0.5, 0.6) is 5.75 Å². The molecular weight excluding hydrogens is 246 g/mol. The number of fused-ring (bicyclic) bond motifs is 1. The summed E-state index contributed by atoms with van der Waals surface area (Å²) in [5.41, 5.74) is 1.94. The fraction of sp³-hybridized carbons (Fsp3) is 0.273. The van der Waals surface area contributed by atoms with Crippen LogP contribution in [-0.4, -0.2) is 12.1 Å². The minimum atomic E-state index is -1.03. The Morgan fingerprint density at radius 2 is 1.94 bits per heavy atom. The van der Waals surface area contributed by atoms with E-state index in [0.29, 0.717) is 10.7 Å². The third-order valence-corrected chi connectivity index (χ3v) is 2.86. The van der Waals surface area contributed by atoms with Crippen molar-refractivity contribution in [3.8, 4) is 5.75 Å². The first kappa shape index (κ1) is 13.4. The van der Waals surface area contributed by atoms with Gasteiger partial charge in [0, 0.05) is 5.56 Å². The lowest BCUT2D eigenvalue weighted by Gasteiger charge is -2.25. The maximum absolute atomic E-state index is 9.63. The smallest absolute Gasteiger partial charge is 0.531 e. The van der Waals surface area contributed by atoms with Crippen molar-refractivity contribution in [3.63, 3.8) is 0 Å². The molecule has 0 aliphatic carbocycles. The van der Waals surface area contributed by atoms with Crippen LogP contribution in [0.4, 0.5) is 0 Å². The fourth-order valence-electron chi connectivity index (χ4n) is 1.81. The van der Waals surface area contributed by atoms with Crippen LogP contribution in [0.25, 0.3) is 5.57 Å². The molecule has 0 atom stereocenters. The molecule has 1 heterocycles. The molecule has 0 radical (unpaired) electrons. The average molecular weight is 259 g/mol. The van der Waals surface area contributed by atoms with E-state index < -0.39 is 7.12 Å². The molecular formula is C11H13BCl2O2. The number of halogens is 2. The number of para-hydroxylation sites is 1. The SMILES string of the molecule is CC(C)C1=C(Cl)B(O)Oc2ccccc21.Cl. The van der Waals surface area contributed by atoms with E-state index in [-0.39, 0.29) is 18.3 Å². The molecule has 0 spiro atoms. The van der Waals surface area contributed by atoms with E-state index in [1.54, 1.807) is 0 Å². The summed E-state index contributed by atoms with van der Waals surface area (Å²) >= 11 is 6.06. The predicted molar refractivity (Wildman–Crippen MR) is 69.9 cm³/mol. The Bertz CT molecular complexity index is 418. The molecule has 0 saturated carbocycles. The van der Waals surface area contributed by atoms with Crippen molar-refractivity contribution < 1.29 is 9.68 Å². The molecule has 1 aliphatic rings. The minimum absolute atomic E-state index is 0. The Kier molecular flexibility index (Phi) is 4.31. The van der Waals surface area contributed by atoms with Gasteiger partial charge in [-0.25, -0.2) is 0 Å². The molecule has 0 fully saturated rings. The highest BCUT2D eigenvalue weighted by atomic mass is 35.5. The zero-order valence-electron chi connectivity index (χ0n) is 9.11. The van der Waals surface area contributed by atoms with Crippen LogP contribution in [0.2, 0.25) is 0 Å². The van der Waals surface area contributed by atoms with Crippen LogP contribution in [0.1, 0.15) is 19.4 Å². The number of hydrogen-bond acceptors (Lipinski definition) is 2. The molecule has 0 aromatic heterocycles. The van der Waals surface area contributed by atoms with Gasteiger partial charge in [0.2, 0.25) is 0 Å². The summed E-state index contributed by atoms with van der Waals surface area (Å²) < 4.78 is 5.29. The molecule has 0 saturated heterocycles. The van der Waals surface area contributed by atoms with Crippen LogP contribution < -0.4 is 4.65 Å². The Labute approximate surface area is 107 Å². The zero-order valence-corrected chi connectivity index (χ0v) is 10.7. The summed E-state index contributed by atoms with van der Waals surface area (Å²) in [6, 6.07) is 7.61. The standard InChI is InChI=1S/C11H12BClO2.ClH/c1-7(2)10-8-5-3-4-6-9(8)15-12(14)11(10)13;/h3-7,14H,1-2H3;1H. The third kappa shape index (κ3) is 2.22. The van der Waals surface area contributed by atoms with Crippen molar-refractivity contribution in [3.05, 3.63) is 34.8 Å². The van der Waals surface area contributed by atoms with Crippen molar-refractivity contribution in [1.82, 2.24) is 0 Å². The molecule has 5 heteroatoms. The number of allylic oxidation sites excluding steroid dienone is 1. The Morgan fingerprint density at radius 1 is 1.31 bits per heavy atom. The molecule has 2 rings (SSSR count). The van der Waals surface area contributed by atoms with Gasteiger partial charge in [0.1, 0.15) is 5.75 Å². The molecule has 1 aliphatic heterocycles. The first-order valence-corrected chi connectivity index (χ1v) is 5.32. The van der Waals surface area contributed by atoms with Gasteiger partial charge in [-0.1, -0.05) is 43.6 Å². The summed E-state index contributed by atoms with van der Waals surface area (Å²) in [5, 5.41) is 9.63. The van der Waals surface area contributed by atoms with E-state index in [2.05, 4.69) is 0 Å².